The van der Waals surface area contributed by atoms with Crippen molar-refractivity contribution in [1.29, 1.82) is 0 Å². The number of rotatable bonds is 6. The maximum absolute atomic E-state index is 12.0. The largest absolute Gasteiger partial charge is 0.465 e. The van der Waals surface area contributed by atoms with Gasteiger partial charge >= 0.3 is 11.9 Å². The van der Waals surface area contributed by atoms with Gasteiger partial charge in [-0.2, -0.15) is 0 Å². The molecular formula is C19H24O9. The molecule has 154 valence electrons. The van der Waals surface area contributed by atoms with Crippen LogP contribution in [0.2, 0.25) is 0 Å². The van der Waals surface area contributed by atoms with Gasteiger partial charge in [-0.25, -0.2) is 4.79 Å². The van der Waals surface area contributed by atoms with E-state index < -0.39 is 48.4 Å². The molecule has 2 aliphatic heterocycles. The molecule has 2 aliphatic rings. The Morgan fingerprint density at radius 2 is 1.93 bits per heavy atom. The van der Waals surface area contributed by atoms with Crippen LogP contribution in [0, 0.1) is 0 Å². The van der Waals surface area contributed by atoms with Crippen LogP contribution >= 0.6 is 0 Å². The van der Waals surface area contributed by atoms with E-state index in [1.54, 1.807) is 0 Å². The van der Waals surface area contributed by atoms with Gasteiger partial charge in [-0.3, -0.25) is 4.79 Å². The standard InChI is InChI=1S/C19H24O9/c1-11(20)25-15-14(21)13(10-24-9-12-7-5-4-6-8-12)26-17-16(15)27-19(2,28-17)18(22)23-3/h4-8,13-17,21H,9-10H2,1-3H3/t13-,14-,15+,16-,17-,19?/m1/s1. The topological polar surface area (TPSA) is 110 Å². The van der Waals surface area contributed by atoms with Crippen LogP contribution in [0.25, 0.3) is 0 Å². The second-order valence-electron chi connectivity index (χ2n) is 6.75. The van der Waals surface area contributed by atoms with Gasteiger partial charge in [0.1, 0.15) is 12.2 Å². The average molecular weight is 396 g/mol. The Morgan fingerprint density at radius 1 is 1.21 bits per heavy atom. The smallest absolute Gasteiger partial charge is 0.366 e. The number of esters is 2. The Labute approximate surface area is 162 Å². The summed E-state index contributed by atoms with van der Waals surface area (Å²) in [4.78, 5) is 23.5. The molecule has 9 nitrogen and oxygen atoms in total. The second-order valence-corrected chi connectivity index (χ2v) is 6.75. The molecule has 3 rings (SSSR count). The van der Waals surface area contributed by atoms with Crippen LogP contribution in [-0.2, 0) is 44.6 Å². The van der Waals surface area contributed by atoms with Gasteiger partial charge in [-0.05, 0) is 5.56 Å². The lowest BCUT2D eigenvalue weighted by atomic mass is 9.99. The van der Waals surface area contributed by atoms with Gasteiger partial charge in [0.2, 0.25) is 0 Å². The van der Waals surface area contributed by atoms with E-state index in [1.165, 1.54) is 21.0 Å². The van der Waals surface area contributed by atoms with Crippen molar-refractivity contribution in [2.45, 2.75) is 56.9 Å². The molecule has 2 fully saturated rings. The molecular weight excluding hydrogens is 372 g/mol. The van der Waals surface area contributed by atoms with Crippen LogP contribution in [0.5, 0.6) is 0 Å². The molecule has 0 amide bonds. The second kappa shape index (κ2) is 8.54. The first-order valence-electron chi connectivity index (χ1n) is 8.90. The van der Waals surface area contributed by atoms with Crippen LogP contribution < -0.4 is 0 Å². The normalized spacial score (nSPS) is 34.5. The van der Waals surface area contributed by atoms with Gasteiger partial charge in [-0.15, -0.1) is 0 Å². The van der Waals surface area contributed by atoms with Gasteiger partial charge in [0, 0.05) is 13.8 Å². The molecule has 2 heterocycles. The third-order valence-electron chi connectivity index (χ3n) is 4.57. The number of aliphatic hydroxyl groups is 1. The van der Waals surface area contributed by atoms with Crippen LogP contribution in [-0.4, -0.2) is 67.3 Å². The van der Waals surface area contributed by atoms with E-state index in [0.29, 0.717) is 6.61 Å². The zero-order chi connectivity index (χ0) is 20.3. The minimum Gasteiger partial charge on any atom is -0.465 e. The first kappa shape index (κ1) is 20.7. The molecule has 1 aromatic rings. The molecule has 9 heteroatoms. The summed E-state index contributed by atoms with van der Waals surface area (Å²) in [6.45, 7) is 2.93. The number of aliphatic hydroxyl groups excluding tert-OH is 1. The number of carbonyl (C=O) groups excluding carboxylic acids is 2. The quantitative estimate of drug-likeness (QED) is 0.688. The highest BCUT2D eigenvalue weighted by atomic mass is 16.8. The minimum absolute atomic E-state index is 0.0232. The molecule has 1 N–H and O–H groups in total. The van der Waals surface area contributed by atoms with E-state index in [0.717, 1.165) is 5.56 Å². The molecule has 0 radical (unpaired) electrons. The monoisotopic (exact) mass is 396 g/mol. The van der Waals surface area contributed by atoms with Gasteiger partial charge < -0.3 is 33.5 Å². The van der Waals surface area contributed by atoms with Crippen molar-refractivity contribution in [1.82, 2.24) is 0 Å². The number of fused-ring (bicyclic) bond motifs is 1. The van der Waals surface area contributed by atoms with Crippen molar-refractivity contribution < 1.29 is 43.1 Å². The first-order valence-corrected chi connectivity index (χ1v) is 8.90. The lowest BCUT2D eigenvalue weighted by Crippen LogP contribution is -2.59. The molecule has 0 saturated carbocycles. The van der Waals surface area contributed by atoms with E-state index in [-0.39, 0.29) is 6.61 Å². The van der Waals surface area contributed by atoms with Crippen LogP contribution in [0.1, 0.15) is 19.4 Å². The summed E-state index contributed by atoms with van der Waals surface area (Å²) < 4.78 is 32.5. The molecule has 1 unspecified atom stereocenters. The highest BCUT2D eigenvalue weighted by molar-refractivity contribution is 5.77. The van der Waals surface area contributed by atoms with Gasteiger partial charge in [-0.1, -0.05) is 30.3 Å². The lowest BCUT2D eigenvalue weighted by molar-refractivity contribution is -0.264. The summed E-state index contributed by atoms with van der Waals surface area (Å²) in [5.74, 6) is -3.11. The van der Waals surface area contributed by atoms with Crippen LogP contribution in [0.15, 0.2) is 30.3 Å². The third-order valence-corrected chi connectivity index (χ3v) is 4.57. The zero-order valence-corrected chi connectivity index (χ0v) is 15.9. The van der Waals surface area contributed by atoms with Crippen molar-refractivity contribution in [2.75, 3.05) is 13.7 Å². The van der Waals surface area contributed by atoms with Gasteiger partial charge in [0.25, 0.3) is 5.79 Å². The van der Waals surface area contributed by atoms with E-state index in [2.05, 4.69) is 4.74 Å². The number of ether oxygens (including phenoxy) is 6. The maximum atomic E-state index is 12.0. The lowest BCUT2D eigenvalue weighted by Gasteiger charge is -2.39. The third kappa shape index (κ3) is 4.34. The van der Waals surface area contributed by atoms with E-state index in [1.807, 2.05) is 30.3 Å². The van der Waals surface area contributed by atoms with Gasteiger partial charge in [0.15, 0.2) is 18.5 Å². The number of carbonyl (C=O) groups is 2. The fraction of sp³-hybridized carbons (Fsp3) is 0.579. The predicted octanol–water partition coefficient (Wildman–Crippen LogP) is 0.525. The maximum Gasteiger partial charge on any atom is 0.366 e. The molecule has 6 atom stereocenters. The molecule has 0 aromatic heterocycles. The number of benzene rings is 1. The van der Waals surface area contributed by atoms with Gasteiger partial charge in [0.05, 0.1) is 20.3 Å². The van der Waals surface area contributed by atoms with E-state index in [9.17, 15) is 14.7 Å². The summed E-state index contributed by atoms with van der Waals surface area (Å²) in [6, 6.07) is 9.50. The highest BCUT2D eigenvalue weighted by Crippen LogP contribution is 2.38. The Hall–Kier alpha value is -2.04. The SMILES string of the molecule is COC(=O)C1(C)O[C@H]2O[C@H](COCc3ccccc3)[C@@H](O)[C@H](OC(C)=O)[C@H]2O1. The fourth-order valence-corrected chi connectivity index (χ4v) is 3.23. The molecule has 0 bridgehead atoms. The summed E-state index contributed by atoms with van der Waals surface area (Å²) in [5.41, 5.74) is 0.959. The van der Waals surface area contributed by atoms with Crippen LogP contribution in [0.3, 0.4) is 0 Å². The summed E-state index contributed by atoms with van der Waals surface area (Å²) in [6.07, 6.45) is -5.20. The average Bonchev–Trinajstić information content (AvgIpc) is 3.02. The number of hydrogen-bond acceptors (Lipinski definition) is 9. The molecule has 28 heavy (non-hydrogen) atoms. The summed E-state index contributed by atoms with van der Waals surface area (Å²) in [5, 5.41) is 10.7. The Bertz CT molecular complexity index is 694. The van der Waals surface area contributed by atoms with Crippen molar-refractivity contribution >= 4 is 11.9 Å². The van der Waals surface area contributed by atoms with E-state index >= 15 is 0 Å². The predicted molar refractivity (Wildman–Crippen MR) is 92.7 cm³/mol. The minimum atomic E-state index is -1.73. The summed E-state index contributed by atoms with van der Waals surface area (Å²) in [7, 11) is 1.20. The van der Waals surface area contributed by atoms with Crippen molar-refractivity contribution in [3.8, 4) is 0 Å². The molecule has 0 spiro atoms. The van der Waals surface area contributed by atoms with E-state index in [4.69, 9.17) is 23.7 Å². The fourth-order valence-electron chi connectivity index (χ4n) is 3.23. The Balaban J connectivity index is 1.70. The van der Waals surface area contributed by atoms with Crippen molar-refractivity contribution in [2.24, 2.45) is 0 Å². The van der Waals surface area contributed by atoms with Crippen LogP contribution in [0.4, 0.5) is 0 Å². The molecule has 0 aliphatic carbocycles. The zero-order valence-electron chi connectivity index (χ0n) is 15.9. The number of hydrogen-bond donors (Lipinski definition) is 1. The Morgan fingerprint density at radius 3 is 2.57 bits per heavy atom. The van der Waals surface area contributed by atoms with Crippen molar-refractivity contribution in [3.63, 3.8) is 0 Å². The highest BCUT2D eigenvalue weighted by Gasteiger charge is 2.60. The molecule has 1 aromatic carbocycles. The summed E-state index contributed by atoms with van der Waals surface area (Å²) >= 11 is 0. The number of methoxy groups -OCH3 is 1. The molecule has 2 saturated heterocycles. The van der Waals surface area contributed by atoms with Crippen molar-refractivity contribution in [3.05, 3.63) is 35.9 Å². The first-order chi connectivity index (χ1) is 13.3. The Kier molecular flexibility index (Phi) is 6.31.